The Bertz CT molecular complexity index is 1170. The van der Waals surface area contributed by atoms with Crippen molar-refractivity contribution in [2.45, 2.75) is 44.4 Å². The molecule has 0 aliphatic heterocycles. The number of ether oxygens (including phenoxy) is 2. The smallest absolute Gasteiger partial charge is 0.127 e. The molecule has 5 rings (SSSR count). The highest BCUT2D eigenvalue weighted by atomic mass is 16.5. The van der Waals surface area contributed by atoms with Gasteiger partial charge in [-0.15, -0.1) is 0 Å². The van der Waals surface area contributed by atoms with Gasteiger partial charge in [0.2, 0.25) is 0 Å². The van der Waals surface area contributed by atoms with Crippen LogP contribution in [0.1, 0.15) is 50.2 Å². The Kier molecular flexibility index (Phi) is 6.86. The minimum atomic E-state index is -0.0973. The van der Waals surface area contributed by atoms with Crippen molar-refractivity contribution in [1.29, 1.82) is 0 Å². The fourth-order valence-electron chi connectivity index (χ4n) is 5.40. The molecule has 1 fully saturated rings. The molecule has 4 aromatic carbocycles. The molecule has 0 aromatic heterocycles. The molecule has 0 amide bonds. The highest BCUT2D eigenvalue weighted by Crippen LogP contribution is 2.46. The summed E-state index contributed by atoms with van der Waals surface area (Å²) < 4.78 is 12.1. The van der Waals surface area contributed by atoms with Crippen LogP contribution in [0.4, 0.5) is 11.4 Å². The highest BCUT2D eigenvalue weighted by Gasteiger charge is 2.38. The Balaban J connectivity index is 1.41. The van der Waals surface area contributed by atoms with Crippen LogP contribution in [0.5, 0.6) is 23.0 Å². The zero-order chi connectivity index (χ0) is 25.0. The van der Waals surface area contributed by atoms with Gasteiger partial charge in [-0.1, -0.05) is 50.5 Å². The standard InChI is InChI=1S/C32H34N2O2/c1-32(23-5-3-2-4-6-23,24-7-15-28(16-8-24)35-30-19-11-26(33)12-20-30)25-9-17-29(18-10-25)36-31-21-13-27(34)14-22-31/h7-23H,2-6,33-34H2,1H3. The van der Waals surface area contributed by atoms with E-state index >= 15 is 0 Å². The van der Waals surface area contributed by atoms with Crippen molar-refractivity contribution in [3.63, 3.8) is 0 Å². The van der Waals surface area contributed by atoms with Crippen LogP contribution in [0.15, 0.2) is 97.1 Å². The number of nitrogens with two attached hydrogens (primary N) is 2. The summed E-state index contributed by atoms with van der Waals surface area (Å²) in [5, 5.41) is 0. The first-order chi connectivity index (χ1) is 17.5. The quantitative estimate of drug-likeness (QED) is 0.262. The molecule has 184 valence electrons. The Morgan fingerprint density at radius 1 is 0.528 bits per heavy atom. The minimum Gasteiger partial charge on any atom is -0.457 e. The summed E-state index contributed by atoms with van der Waals surface area (Å²) in [6, 6.07) is 32.2. The Morgan fingerprint density at radius 2 is 0.861 bits per heavy atom. The molecule has 36 heavy (non-hydrogen) atoms. The van der Waals surface area contributed by atoms with Crippen molar-refractivity contribution in [1.82, 2.24) is 0 Å². The molecule has 0 radical (unpaired) electrons. The van der Waals surface area contributed by atoms with Gasteiger partial charge in [0.1, 0.15) is 23.0 Å². The minimum absolute atomic E-state index is 0.0973. The first kappa shape index (κ1) is 23.8. The average molecular weight is 479 g/mol. The van der Waals surface area contributed by atoms with E-state index in [1.807, 2.05) is 48.5 Å². The fourth-order valence-corrected chi connectivity index (χ4v) is 5.40. The molecule has 4 nitrogen and oxygen atoms in total. The normalized spacial score (nSPS) is 14.4. The maximum Gasteiger partial charge on any atom is 0.127 e. The topological polar surface area (TPSA) is 70.5 Å². The van der Waals surface area contributed by atoms with Gasteiger partial charge in [-0.25, -0.2) is 0 Å². The SMILES string of the molecule is CC(c1ccc(Oc2ccc(N)cc2)cc1)(c1ccc(Oc2ccc(N)cc2)cc1)C1CCCCC1. The van der Waals surface area contributed by atoms with E-state index in [0.29, 0.717) is 5.92 Å². The molecular formula is C32H34N2O2. The van der Waals surface area contributed by atoms with Crippen LogP contribution in [-0.2, 0) is 5.41 Å². The van der Waals surface area contributed by atoms with E-state index < -0.39 is 0 Å². The summed E-state index contributed by atoms with van der Waals surface area (Å²) in [5.41, 5.74) is 15.6. The molecule has 0 bridgehead atoms. The largest absolute Gasteiger partial charge is 0.457 e. The zero-order valence-electron chi connectivity index (χ0n) is 20.8. The molecule has 1 aliphatic carbocycles. The second kappa shape index (κ2) is 10.4. The average Bonchev–Trinajstić information content (AvgIpc) is 2.92. The van der Waals surface area contributed by atoms with Crippen LogP contribution < -0.4 is 20.9 Å². The highest BCUT2D eigenvalue weighted by molar-refractivity contribution is 5.47. The summed E-state index contributed by atoms with van der Waals surface area (Å²) in [5.74, 6) is 3.79. The van der Waals surface area contributed by atoms with Gasteiger partial charge >= 0.3 is 0 Å². The van der Waals surface area contributed by atoms with E-state index in [2.05, 4.69) is 55.5 Å². The predicted molar refractivity (Wildman–Crippen MR) is 148 cm³/mol. The van der Waals surface area contributed by atoms with Crippen molar-refractivity contribution in [3.05, 3.63) is 108 Å². The van der Waals surface area contributed by atoms with E-state index in [-0.39, 0.29) is 5.41 Å². The van der Waals surface area contributed by atoms with Gasteiger partial charge in [-0.3, -0.25) is 0 Å². The van der Waals surface area contributed by atoms with Crippen LogP contribution >= 0.6 is 0 Å². The molecule has 0 heterocycles. The molecule has 4 heteroatoms. The molecule has 4 aromatic rings. The summed E-state index contributed by atoms with van der Waals surface area (Å²) in [6.07, 6.45) is 6.39. The Morgan fingerprint density at radius 3 is 1.22 bits per heavy atom. The van der Waals surface area contributed by atoms with Gasteiger partial charge in [0.25, 0.3) is 0 Å². The van der Waals surface area contributed by atoms with Gasteiger partial charge in [0.05, 0.1) is 0 Å². The zero-order valence-corrected chi connectivity index (χ0v) is 20.8. The number of benzene rings is 4. The lowest BCUT2D eigenvalue weighted by Gasteiger charge is -2.41. The molecule has 4 N–H and O–H groups in total. The summed E-state index contributed by atoms with van der Waals surface area (Å²) in [7, 11) is 0. The van der Waals surface area contributed by atoms with E-state index in [9.17, 15) is 0 Å². The van der Waals surface area contributed by atoms with Crippen LogP contribution in [0, 0.1) is 5.92 Å². The molecule has 1 saturated carbocycles. The third-order valence-corrected chi connectivity index (χ3v) is 7.56. The van der Waals surface area contributed by atoms with Gasteiger partial charge in [0, 0.05) is 16.8 Å². The van der Waals surface area contributed by atoms with Crippen LogP contribution in [-0.4, -0.2) is 0 Å². The van der Waals surface area contributed by atoms with Crippen molar-refractivity contribution >= 4 is 11.4 Å². The van der Waals surface area contributed by atoms with E-state index in [4.69, 9.17) is 20.9 Å². The third kappa shape index (κ3) is 5.18. The van der Waals surface area contributed by atoms with Crippen molar-refractivity contribution in [2.75, 3.05) is 11.5 Å². The van der Waals surface area contributed by atoms with Crippen LogP contribution in [0.3, 0.4) is 0 Å². The number of nitrogen functional groups attached to an aromatic ring is 2. The number of hydrogen-bond acceptors (Lipinski definition) is 4. The Hall–Kier alpha value is -3.92. The van der Waals surface area contributed by atoms with E-state index in [1.54, 1.807) is 0 Å². The molecule has 0 spiro atoms. The van der Waals surface area contributed by atoms with Crippen LogP contribution in [0.2, 0.25) is 0 Å². The second-order valence-electron chi connectivity index (χ2n) is 9.93. The lowest BCUT2D eigenvalue weighted by atomic mass is 9.63. The van der Waals surface area contributed by atoms with Gasteiger partial charge in [-0.2, -0.15) is 0 Å². The first-order valence-electron chi connectivity index (χ1n) is 12.8. The van der Waals surface area contributed by atoms with Crippen LogP contribution in [0.25, 0.3) is 0 Å². The number of hydrogen-bond donors (Lipinski definition) is 2. The number of anilines is 2. The van der Waals surface area contributed by atoms with Crippen molar-refractivity contribution in [2.24, 2.45) is 5.92 Å². The van der Waals surface area contributed by atoms with Crippen molar-refractivity contribution in [3.8, 4) is 23.0 Å². The summed E-state index contributed by atoms with van der Waals surface area (Å²) in [6.45, 7) is 2.40. The monoisotopic (exact) mass is 478 g/mol. The fraction of sp³-hybridized carbons (Fsp3) is 0.250. The third-order valence-electron chi connectivity index (χ3n) is 7.56. The molecule has 0 saturated heterocycles. The van der Waals surface area contributed by atoms with Crippen molar-refractivity contribution < 1.29 is 9.47 Å². The lowest BCUT2D eigenvalue weighted by molar-refractivity contribution is 0.254. The Labute approximate surface area is 213 Å². The van der Waals surface area contributed by atoms with Gasteiger partial charge in [0.15, 0.2) is 0 Å². The molecular weight excluding hydrogens is 444 g/mol. The molecule has 1 aliphatic rings. The van der Waals surface area contributed by atoms with E-state index in [1.165, 1.54) is 43.2 Å². The summed E-state index contributed by atoms with van der Waals surface area (Å²) >= 11 is 0. The maximum absolute atomic E-state index is 6.05. The molecule has 0 unspecified atom stereocenters. The molecule has 0 atom stereocenters. The predicted octanol–water partition coefficient (Wildman–Crippen LogP) is 8.32. The lowest BCUT2D eigenvalue weighted by Crippen LogP contribution is -2.34. The first-order valence-corrected chi connectivity index (χ1v) is 12.8. The second-order valence-corrected chi connectivity index (χ2v) is 9.93. The van der Waals surface area contributed by atoms with Gasteiger partial charge < -0.3 is 20.9 Å². The van der Waals surface area contributed by atoms with E-state index in [0.717, 1.165) is 34.4 Å². The number of rotatable bonds is 7. The summed E-state index contributed by atoms with van der Waals surface area (Å²) in [4.78, 5) is 0. The van der Waals surface area contributed by atoms with Gasteiger partial charge in [-0.05, 0) is 103 Å². The maximum atomic E-state index is 6.05.